The van der Waals surface area contributed by atoms with E-state index in [1.165, 1.54) is 0 Å². The van der Waals surface area contributed by atoms with Crippen molar-refractivity contribution in [2.24, 2.45) is 0 Å². The van der Waals surface area contributed by atoms with E-state index in [2.05, 4.69) is 4.72 Å². The van der Waals surface area contributed by atoms with Crippen LogP contribution >= 0.6 is 0 Å². The molecule has 4 aromatic carbocycles. The number of hydrogen-bond acceptors (Lipinski definition) is 3. The lowest BCUT2D eigenvalue weighted by atomic mass is 10.00. The highest BCUT2D eigenvalue weighted by Gasteiger charge is 2.26. The first-order chi connectivity index (χ1) is 16.9. The number of rotatable bonds is 6. The molecule has 174 valence electrons. The Hall–Kier alpha value is -4.16. The van der Waals surface area contributed by atoms with Gasteiger partial charge < -0.3 is 0 Å². The van der Waals surface area contributed by atoms with Crippen molar-refractivity contribution in [1.82, 2.24) is 9.78 Å². The Bertz CT molecular complexity index is 1560. The first-order valence-electron chi connectivity index (χ1n) is 11.3. The number of aryl methyl sites for hydroxylation is 2. The summed E-state index contributed by atoms with van der Waals surface area (Å²) in [5.74, 6) is 0.388. The molecule has 0 fully saturated rings. The van der Waals surface area contributed by atoms with Crippen LogP contribution in [0, 0.1) is 13.8 Å². The van der Waals surface area contributed by atoms with Gasteiger partial charge in [0.05, 0.1) is 16.1 Å². The maximum atomic E-state index is 13.5. The number of anilines is 1. The van der Waals surface area contributed by atoms with Gasteiger partial charge in [-0.1, -0.05) is 96.1 Å². The van der Waals surface area contributed by atoms with Crippen molar-refractivity contribution in [3.05, 3.63) is 120 Å². The maximum Gasteiger partial charge on any atom is 0.263 e. The van der Waals surface area contributed by atoms with Gasteiger partial charge in [0.1, 0.15) is 5.69 Å². The minimum Gasteiger partial charge on any atom is -0.263 e. The molecule has 5 nitrogen and oxygen atoms in total. The Morgan fingerprint density at radius 3 is 1.80 bits per heavy atom. The summed E-state index contributed by atoms with van der Waals surface area (Å²) < 4.78 is 31.6. The van der Waals surface area contributed by atoms with E-state index < -0.39 is 10.0 Å². The zero-order valence-electron chi connectivity index (χ0n) is 19.5. The van der Waals surface area contributed by atoms with Gasteiger partial charge in [-0.3, -0.25) is 4.72 Å². The summed E-state index contributed by atoms with van der Waals surface area (Å²) in [7, 11) is -3.88. The largest absolute Gasteiger partial charge is 0.263 e. The predicted molar refractivity (Wildman–Crippen MR) is 141 cm³/mol. The van der Waals surface area contributed by atoms with Gasteiger partial charge in [-0.2, -0.15) is 5.10 Å². The number of nitrogens with one attached hydrogen (secondary N) is 1. The highest BCUT2D eigenvalue weighted by Crippen LogP contribution is 2.40. The number of hydrogen-bond donors (Lipinski definition) is 1. The summed E-state index contributed by atoms with van der Waals surface area (Å²) in [4.78, 5) is 0.194. The molecule has 0 bridgehead atoms. The number of nitrogens with zero attached hydrogens (tertiary/aromatic N) is 2. The molecule has 0 aliphatic rings. The average molecular weight is 480 g/mol. The van der Waals surface area contributed by atoms with Crippen LogP contribution in [-0.2, 0) is 10.0 Å². The zero-order chi connectivity index (χ0) is 24.4. The number of aromatic nitrogens is 2. The Morgan fingerprint density at radius 1 is 0.657 bits per heavy atom. The van der Waals surface area contributed by atoms with Crippen molar-refractivity contribution >= 4 is 15.8 Å². The zero-order valence-corrected chi connectivity index (χ0v) is 20.3. The van der Waals surface area contributed by atoms with Crippen LogP contribution in [0.4, 0.5) is 5.82 Å². The minimum atomic E-state index is -3.88. The van der Waals surface area contributed by atoms with Gasteiger partial charge in [0.2, 0.25) is 0 Å². The van der Waals surface area contributed by atoms with Crippen molar-refractivity contribution in [3.8, 4) is 28.1 Å². The average Bonchev–Trinajstić information content (AvgIpc) is 3.24. The molecular weight excluding hydrogens is 454 g/mol. The number of benzene rings is 4. The van der Waals surface area contributed by atoms with Crippen LogP contribution in [0.2, 0.25) is 0 Å². The van der Waals surface area contributed by atoms with Crippen LogP contribution in [0.1, 0.15) is 11.1 Å². The van der Waals surface area contributed by atoms with E-state index in [-0.39, 0.29) is 4.90 Å². The maximum absolute atomic E-state index is 13.5. The third-order valence-electron chi connectivity index (χ3n) is 5.84. The minimum absolute atomic E-state index is 0.194. The Kier molecular flexibility index (Phi) is 5.97. The third kappa shape index (κ3) is 4.61. The monoisotopic (exact) mass is 479 g/mol. The second-order valence-electron chi connectivity index (χ2n) is 8.47. The molecule has 0 aliphatic heterocycles. The van der Waals surface area contributed by atoms with Crippen molar-refractivity contribution in [1.29, 1.82) is 0 Å². The fourth-order valence-electron chi connectivity index (χ4n) is 3.96. The van der Waals surface area contributed by atoms with Crippen LogP contribution in [-0.4, -0.2) is 18.2 Å². The van der Waals surface area contributed by atoms with Crippen LogP contribution in [0.3, 0.4) is 0 Å². The Morgan fingerprint density at radius 2 is 1.20 bits per heavy atom. The Balaban J connectivity index is 1.78. The van der Waals surface area contributed by atoms with E-state index in [0.29, 0.717) is 11.5 Å². The summed E-state index contributed by atoms with van der Waals surface area (Å²) in [5.41, 5.74) is 6.05. The SMILES string of the molecule is Cc1ccc(-c2c(-c3ccccc3)nn(-c3ccccc3)c2NS(=O)(=O)c2ccc(C)cc2)cc1. The second-order valence-corrected chi connectivity index (χ2v) is 10.2. The molecule has 1 heterocycles. The van der Waals surface area contributed by atoms with Crippen molar-refractivity contribution < 1.29 is 8.42 Å². The standard InChI is InChI=1S/C29H25N3O2S/c1-21-13-17-23(18-14-21)27-28(24-9-5-3-6-10-24)30-32(25-11-7-4-8-12-25)29(27)31-35(33,34)26-19-15-22(2)16-20-26/h3-20,31H,1-2H3. The molecule has 1 aromatic heterocycles. The highest BCUT2D eigenvalue weighted by molar-refractivity contribution is 7.92. The van der Waals surface area contributed by atoms with Crippen LogP contribution in [0.15, 0.2) is 114 Å². The predicted octanol–water partition coefficient (Wildman–Crippen LogP) is 6.62. The molecule has 35 heavy (non-hydrogen) atoms. The highest BCUT2D eigenvalue weighted by atomic mass is 32.2. The smallest absolute Gasteiger partial charge is 0.263 e. The van der Waals surface area contributed by atoms with Crippen molar-refractivity contribution in [2.75, 3.05) is 4.72 Å². The van der Waals surface area contributed by atoms with Gasteiger partial charge in [0, 0.05) is 5.56 Å². The van der Waals surface area contributed by atoms with Crippen LogP contribution in [0.5, 0.6) is 0 Å². The summed E-state index contributed by atoms with van der Waals surface area (Å²) in [6.07, 6.45) is 0. The molecule has 0 spiro atoms. The first kappa shape index (κ1) is 22.6. The third-order valence-corrected chi connectivity index (χ3v) is 7.19. The summed E-state index contributed by atoms with van der Waals surface area (Å²) in [6, 6.07) is 34.2. The van der Waals surface area contributed by atoms with Gasteiger partial charge >= 0.3 is 0 Å². The van der Waals surface area contributed by atoms with E-state index in [1.807, 2.05) is 98.8 Å². The van der Waals surface area contributed by atoms with Crippen LogP contribution in [0.25, 0.3) is 28.1 Å². The summed E-state index contributed by atoms with van der Waals surface area (Å²) >= 11 is 0. The fourth-order valence-corrected chi connectivity index (χ4v) is 5.02. The van der Waals surface area contributed by atoms with Gasteiger partial charge in [-0.05, 0) is 43.7 Å². The quantitative estimate of drug-likeness (QED) is 0.297. The molecule has 5 aromatic rings. The van der Waals surface area contributed by atoms with Gasteiger partial charge in [0.15, 0.2) is 5.82 Å². The fraction of sp³-hybridized carbons (Fsp3) is 0.0690. The topological polar surface area (TPSA) is 64.0 Å². The lowest BCUT2D eigenvalue weighted by Gasteiger charge is -2.14. The molecule has 5 rings (SSSR count). The van der Waals surface area contributed by atoms with E-state index in [1.54, 1.807) is 28.9 Å². The van der Waals surface area contributed by atoms with Gasteiger partial charge in [0.25, 0.3) is 10.0 Å². The number of para-hydroxylation sites is 1. The lowest BCUT2D eigenvalue weighted by molar-refractivity contribution is 0.600. The summed E-state index contributed by atoms with van der Waals surface area (Å²) in [5, 5.41) is 4.93. The Labute approximate surface area is 205 Å². The molecular formula is C29H25N3O2S. The summed E-state index contributed by atoms with van der Waals surface area (Å²) in [6.45, 7) is 3.95. The van der Waals surface area contributed by atoms with E-state index in [4.69, 9.17) is 5.10 Å². The second kappa shape index (κ2) is 9.24. The van der Waals surface area contributed by atoms with E-state index >= 15 is 0 Å². The first-order valence-corrected chi connectivity index (χ1v) is 12.8. The van der Waals surface area contributed by atoms with E-state index in [0.717, 1.165) is 33.5 Å². The molecule has 0 saturated carbocycles. The molecule has 0 saturated heterocycles. The number of sulfonamides is 1. The molecule has 0 amide bonds. The van der Waals surface area contributed by atoms with Crippen molar-refractivity contribution in [3.63, 3.8) is 0 Å². The molecule has 6 heteroatoms. The molecule has 1 N–H and O–H groups in total. The van der Waals surface area contributed by atoms with Gasteiger partial charge in [-0.25, -0.2) is 13.1 Å². The van der Waals surface area contributed by atoms with Crippen LogP contribution < -0.4 is 4.72 Å². The normalized spacial score (nSPS) is 11.4. The molecule has 0 radical (unpaired) electrons. The van der Waals surface area contributed by atoms with E-state index in [9.17, 15) is 8.42 Å². The lowest BCUT2D eigenvalue weighted by Crippen LogP contribution is -2.16. The molecule has 0 atom stereocenters. The van der Waals surface area contributed by atoms with Crippen molar-refractivity contribution in [2.45, 2.75) is 18.7 Å². The molecule has 0 unspecified atom stereocenters. The van der Waals surface area contributed by atoms with Gasteiger partial charge in [-0.15, -0.1) is 0 Å². The molecule has 0 aliphatic carbocycles.